The molecule has 0 amide bonds. The summed E-state index contributed by atoms with van der Waals surface area (Å²) in [5.74, 6) is 1.59. The number of aliphatic imine (C=N–C) groups is 2. The number of thiophene rings is 1. The van der Waals surface area contributed by atoms with Crippen LogP contribution in [0.1, 0.15) is 28.4 Å². The summed E-state index contributed by atoms with van der Waals surface area (Å²) >= 11 is 1.84. The van der Waals surface area contributed by atoms with Crippen molar-refractivity contribution in [2.75, 3.05) is 0 Å². The van der Waals surface area contributed by atoms with Gasteiger partial charge in [0.05, 0.1) is 11.8 Å². The van der Waals surface area contributed by atoms with Gasteiger partial charge in [0.1, 0.15) is 17.8 Å². The third kappa shape index (κ3) is 5.20. The van der Waals surface area contributed by atoms with Crippen molar-refractivity contribution in [3.8, 4) is 22.3 Å². The molecule has 0 saturated carbocycles. The molecule has 1 N–H and O–H groups in total. The Morgan fingerprint density at radius 3 is 2.43 bits per heavy atom. The van der Waals surface area contributed by atoms with E-state index in [2.05, 4.69) is 127 Å². The maximum Gasteiger partial charge on any atom is 0.169 e. The molecule has 3 atom stereocenters. The first-order chi connectivity index (χ1) is 25.2. The predicted molar refractivity (Wildman–Crippen MR) is 212 cm³/mol. The molecular weight excluding hydrogens is 643 g/mol. The second kappa shape index (κ2) is 12.1. The van der Waals surface area contributed by atoms with Crippen LogP contribution >= 0.6 is 11.3 Å². The molecule has 4 nitrogen and oxygen atoms in total. The summed E-state index contributed by atoms with van der Waals surface area (Å²) in [7, 11) is 0. The van der Waals surface area contributed by atoms with Crippen LogP contribution in [0.3, 0.4) is 0 Å². The fourth-order valence-corrected chi connectivity index (χ4v) is 8.85. The van der Waals surface area contributed by atoms with Crippen LogP contribution in [-0.4, -0.2) is 17.8 Å². The molecule has 5 heteroatoms. The zero-order valence-electron chi connectivity index (χ0n) is 27.8. The van der Waals surface area contributed by atoms with Gasteiger partial charge >= 0.3 is 0 Å². The second-order valence-electron chi connectivity index (χ2n) is 13.4. The molecule has 5 aromatic carbocycles. The molecule has 0 saturated heterocycles. The lowest BCUT2D eigenvalue weighted by atomic mass is 9.89. The van der Waals surface area contributed by atoms with Crippen LogP contribution in [0.25, 0.3) is 42.4 Å². The molecule has 6 aromatic rings. The molecule has 0 fully saturated rings. The minimum absolute atomic E-state index is 0.105. The first-order valence-corrected chi connectivity index (χ1v) is 18.2. The van der Waals surface area contributed by atoms with Crippen molar-refractivity contribution >= 4 is 43.2 Å². The highest BCUT2D eigenvalue weighted by Gasteiger charge is 2.26. The van der Waals surface area contributed by atoms with Crippen LogP contribution < -0.4 is 5.32 Å². The maximum absolute atomic E-state index is 6.31. The van der Waals surface area contributed by atoms with Gasteiger partial charge in [-0.05, 0) is 87.4 Å². The van der Waals surface area contributed by atoms with Crippen LogP contribution in [0, 0.1) is 5.92 Å². The third-order valence-electron chi connectivity index (χ3n) is 10.4. The van der Waals surface area contributed by atoms with Crippen LogP contribution in [0.4, 0.5) is 0 Å². The number of allylic oxidation sites excluding steroid dienone is 3. The summed E-state index contributed by atoms with van der Waals surface area (Å²) in [6, 6.07) is 39.4. The average Bonchev–Trinajstić information content (AvgIpc) is 3.75. The van der Waals surface area contributed by atoms with E-state index in [1.54, 1.807) is 0 Å². The predicted octanol–water partition coefficient (Wildman–Crippen LogP) is 10.9. The topological polar surface area (TPSA) is 46.0 Å². The van der Waals surface area contributed by atoms with Gasteiger partial charge in [0.15, 0.2) is 6.17 Å². The van der Waals surface area contributed by atoms with Crippen molar-refractivity contribution in [1.82, 2.24) is 5.32 Å². The second-order valence-corrected chi connectivity index (χ2v) is 14.5. The summed E-state index contributed by atoms with van der Waals surface area (Å²) < 4.78 is 8.84. The normalized spacial score (nSPS) is 22.0. The van der Waals surface area contributed by atoms with Gasteiger partial charge in [0, 0.05) is 31.7 Å². The number of fused-ring (bicyclic) bond motifs is 7. The Labute approximate surface area is 300 Å². The molecule has 1 aromatic heterocycles. The Balaban J connectivity index is 1.01. The Morgan fingerprint density at radius 1 is 0.686 bits per heavy atom. The number of hydrogen-bond donors (Lipinski definition) is 1. The van der Waals surface area contributed by atoms with E-state index < -0.39 is 6.17 Å². The van der Waals surface area contributed by atoms with Gasteiger partial charge in [-0.1, -0.05) is 116 Å². The van der Waals surface area contributed by atoms with Gasteiger partial charge in [0.2, 0.25) is 0 Å². The highest BCUT2D eigenvalue weighted by atomic mass is 32.1. The number of nitrogens with zero attached hydrogens (tertiary/aromatic N) is 2. The monoisotopic (exact) mass is 675 g/mol. The first-order valence-electron chi connectivity index (χ1n) is 17.4. The van der Waals surface area contributed by atoms with Crippen molar-refractivity contribution in [3.63, 3.8) is 0 Å². The lowest BCUT2D eigenvalue weighted by molar-refractivity contribution is 0.158. The summed E-state index contributed by atoms with van der Waals surface area (Å²) in [4.78, 5) is 10.2. The molecular formula is C46H33N3OS. The number of benzene rings is 5. The van der Waals surface area contributed by atoms with Crippen LogP contribution in [0.5, 0.6) is 0 Å². The molecule has 0 bridgehead atoms. The van der Waals surface area contributed by atoms with E-state index >= 15 is 0 Å². The minimum Gasteiger partial charge on any atom is -0.492 e. The van der Waals surface area contributed by atoms with E-state index in [-0.39, 0.29) is 12.0 Å². The SMILES string of the molecule is C=C1/C=C\C(C2=NC(c3ccccc3)N=C(c3ccc4sc5cc(-c6cccc7c6Cc6ccccc6-7)ccc5c4c3)N2)=C/OC2C=CC=CC12. The third-order valence-corrected chi connectivity index (χ3v) is 11.5. The zero-order valence-corrected chi connectivity index (χ0v) is 28.6. The minimum atomic E-state index is -0.401. The standard InChI is InChI=1S/C46H33N3OS/c1-28-18-19-33(27-50-41-17-8-7-13-34(28)41)46-48-44(29-10-3-2-4-11-29)47-45(49-46)32-21-23-42-40(25-32)38-22-20-31(26-43(38)51-42)36-15-9-16-37-35-14-6-5-12-30(35)24-39(36)37/h2-23,25-27,34,41,44H,1,24H2,(H,47,48,49)/b19-18-,33-27+. The molecule has 2 aliphatic heterocycles. The van der Waals surface area contributed by atoms with E-state index in [1.165, 1.54) is 53.6 Å². The first kappa shape index (κ1) is 29.8. The Kier molecular flexibility index (Phi) is 7.07. The van der Waals surface area contributed by atoms with E-state index in [0.717, 1.165) is 34.5 Å². The highest BCUT2D eigenvalue weighted by molar-refractivity contribution is 7.25. The average molecular weight is 676 g/mol. The number of rotatable bonds is 4. The maximum atomic E-state index is 6.31. The summed E-state index contributed by atoms with van der Waals surface area (Å²) in [5.41, 5.74) is 12.0. The lowest BCUT2D eigenvalue weighted by Gasteiger charge is -2.27. The molecule has 3 heterocycles. The Hall–Kier alpha value is -6.04. The van der Waals surface area contributed by atoms with Gasteiger partial charge in [-0.25, -0.2) is 9.98 Å². The van der Waals surface area contributed by atoms with E-state index in [9.17, 15) is 0 Å². The fraction of sp³-hybridized carbons (Fsp3) is 0.0870. The molecule has 10 rings (SSSR count). The van der Waals surface area contributed by atoms with Gasteiger partial charge in [0.25, 0.3) is 0 Å². The molecule has 0 spiro atoms. The number of amidine groups is 2. The quantitative estimate of drug-likeness (QED) is 0.202. The molecule has 3 unspecified atom stereocenters. The summed E-state index contributed by atoms with van der Waals surface area (Å²) in [6.45, 7) is 4.34. The molecule has 244 valence electrons. The van der Waals surface area contributed by atoms with E-state index in [0.29, 0.717) is 5.84 Å². The molecule has 0 radical (unpaired) electrons. The Morgan fingerprint density at radius 2 is 1.49 bits per heavy atom. The van der Waals surface area contributed by atoms with Crippen molar-refractivity contribution in [2.24, 2.45) is 15.9 Å². The number of ether oxygens (including phenoxy) is 1. The van der Waals surface area contributed by atoms with E-state index in [1.807, 2.05) is 48.0 Å². The number of hydrogen-bond acceptors (Lipinski definition) is 5. The summed E-state index contributed by atoms with van der Waals surface area (Å²) in [6.07, 6.45) is 14.7. The number of nitrogens with one attached hydrogen (secondary N) is 1. The van der Waals surface area contributed by atoms with Crippen molar-refractivity contribution < 1.29 is 4.74 Å². The van der Waals surface area contributed by atoms with Crippen molar-refractivity contribution in [2.45, 2.75) is 18.7 Å². The van der Waals surface area contributed by atoms with E-state index in [4.69, 9.17) is 14.7 Å². The van der Waals surface area contributed by atoms with Crippen molar-refractivity contribution in [3.05, 3.63) is 192 Å². The van der Waals surface area contributed by atoms with Crippen LogP contribution in [-0.2, 0) is 11.2 Å². The fourth-order valence-electron chi connectivity index (χ4n) is 7.72. The lowest BCUT2D eigenvalue weighted by Crippen LogP contribution is -2.36. The van der Waals surface area contributed by atoms with Gasteiger partial charge in [-0.3, -0.25) is 0 Å². The molecule has 51 heavy (non-hydrogen) atoms. The highest BCUT2D eigenvalue weighted by Crippen LogP contribution is 2.43. The Bertz CT molecular complexity index is 2600. The largest absolute Gasteiger partial charge is 0.492 e. The van der Waals surface area contributed by atoms with Gasteiger partial charge < -0.3 is 10.1 Å². The van der Waals surface area contributed by atoms with Crippen molar-refractivity contribution in [1.29, 1.82) is 0 Å². The zero-order chi connectivity index (χ0) is 33.9. The molecule has 4 aliphatic rings. The van der Waals surface area contributed by atoms with Crippen LogP contribution in [0.15, 0.2) is 180 Å². The van der Waals surface area contributed by atoms with Crippen LogP contribution in [0.2, 0.25) is 0 Å². The van der Waals surface area contributed by atoms with Gasteiger partial charge in [-0.15, -0.1) is 11.3 Å². The molecule has 2 aliphatic carbocycles. The smallest absolute Gasteiger partial charge is 0.169 e. The summed E-state index contributed by atoms with van der Waals surface area (Å²) in [5, 5.41) is 6.06. The van der Waals surface area contributed by atoms with Gasteiger partial charge in [-0.2, -0.15) is 0 Å².